The monoisotopic (exact) mass is 459 g/mol. The van der Waals surface area contributed by atoms with E-state index < -0.39 is 18.7 Å². The molecule has 1 aliphatic rings. The fraction of sp³-hybridized carbons (Fsp3) is 0.348. The number of carbonyl (C=O) groups is 1. The Labute approximate surface area is 188 Å². The highest BCUT2D eigenvalue weighted by Crippen LogP contribution is 2.32. The van der Waals surface area contributed by atoms with Crippen LogP contribution < -0.4 is 0 Å². The Hall–Kier alpha value is -3.40. The summed E-state index contributed by atoms with van der Waals surface area (Å²) in [6.45, 7) is 8.03. The summed E-state index contributed by atoms with van der Waals surface area (Å²) in [5.41, 5.74) is 4.61. The van der Waals surface area contributed by atoms with Crippen LogP contribution in [0.2, 0.25) is 0 Å². The molecule has 0 saturated carbocycles. The molecule has 0 unspecified atom stereocenters. The molecule has 1 fully saturated rings. The number of pyridine rings is 1. The van der Waals surface area contributed by atoms with Crippen molar-refractivity contribution in [3.05, 3.63) is 59.6 Å². The Kier molecular flexibility index (Phi) is 5.87. The maximum Gasteiger partial charge on any atom is 0.401 e. The third kappa shape index (κ3) is 4.56. The number of alkyl halides is 3. The molecular weight excluding hydrogens is 435 g/mol. The smallest absolute Gasteiger partial charge is 0.401 e. The van der Waals surface area contributed by atoms with Gasteiger partial charge in [0.1, 0.15) is 0 Å². The zero-order valence-electron chi connectivity index (χ0n) is 18.4. The second-order valence-corrected chi connectivity index (χ2v) is 8.21. The topological polar surface area (TPSA) is 74.0 Å². The van der Waals surface area contributed by atoms with Gasteiger partial charge in [0, 0.05) is 37.9 Å². The quantitative estimate of drug-likeness (QED) is 0.625. The van der Waals surface area contributed by atoms with E-state index in [1.54, 1.807) is 13.0 Å². The summed E-state index contributed by atoms with van der Waals surface area (Å²) in [6.07, 6.45) is -2.41. The molecule has 0 radical (unpaired) electrons. The van der Waals surface area contributed by atoms with E-state index in [0.29, 0.717) is 41.3 Å². The summed E-state index contributed by atoms with van der Waals surface area (Å²) in [6, 6.07) is 7.11. The highest BCUT2D eigenvalue weighted by atomic mass is 19.4. The first-order valence-electron chi connectivity index (χ1n) is 10.5. The van der Waals surface area contributed by atoms with E-state index in [-0.39, 0.29) is 18.7 Å². The van der Waals surface area contributed by atoms with Crippen LogP contribution in [0, 0.1) is 13.8 Å². The van der Waals surface area contributed by atoms with Gasteiger partial charge in [0.2, 0.25) is 0 Å². The van der Waals surface area contributed by atoms with Crippen LogP contribution in [0.3, 0.4) is 0 Å². The molecule has 0 atom stereocenters. The minimum absolute atomic E-state index is 0.134. The molecule has 174 valence electrons. The number of carboxylic acid groups (broad SMARTS) is 1. The number of piperazine rings is 1. The molecule has 4 heterocycles. The van der Waals surface area contributed by atoms with Crippen molar-refractivity contribution in [3.8, 4) is 11.3 Å². The first kappa shape index (κ1) is 22.8. The number of aryl methyl sites for hydroxylation is 1. The number of carboxylic acids is 1. The van der Waals surface area contributed by atoms with Crippen LogP contribution in [0.25, 0.3) is 22.5 Å². The van der Waals surface area contributed by atoms with Gasteiger partial charge in [0.05, 0.1) is 40.4 Å². The number of hydrogen-bond acceptors (Lipinski definition) is 5. The minimum Gasteiger partial charge on any atom is -0.478 e. The molecule has 10 heteroatoms. The van der Waals surface area contributed by atoms with Crippen molar-refractivity contribution in [2.45, 2.75) is 20.0 Å². The number of nitrogens with zero attached hydrogens (tertiary/aromatic N) is 5. The molecule has 0 bridgehead atoms. The standard InChI is InChI=1S/C23H24F3N5O2/c1-14-4-5-19(28-27-14)17-6-7-31-20(17)12-18(22(32)33)15(2)21(31)16(3)30-10-8-29(9-11-30)13-23(24,25)26/h4-7,12H,3,8-11,13H2,1-2H3,(H,32,33). The van der Waals surface area contributed by atoms with E-state index in [2.05, 4.69) is 16.8 Å². The van der Waals surface area contributed by atoms with E-state index in [4.69, 9.17) is 0 Å². The molecular formula is C23H24F3N5O2. The largest absolute Gasteiger partial charge is 0.478 e. The zero-order valence-corrected chi connectivity index (χ0v) is 18.4. The average Bonchev–Trinajstić information content (AvgIpc) is 3.16. The summed E-state index contributed by atoms with van der Waals surface area (Å²) in [7, 11) is 0. The Morgan fingerprint density at radius 3 is 2.39 bits per heavy atom. The molecule has 0 aromatic carbocycles. The van der Waals surface area contributed by atoms with Crippen molar-refractivity contribution < 1.29 is 23.1 Å². The molecule has 1 N–H and O–H groups in total. The number of aromatic carboxylic acids is 1. The number of rotatable bonds is 5. The Balaban J connectivity index is 1.72. The van der Waals surface area contributed by atoms with Crippen LogP contribution in [-0.2, 0) is 0 Å². The Morgan fingerprint density at radius 2 is 1.82 bits per heavy atom. The fourth-order valence-corrected chi connectivity index (χ4v) is 4.26. The second-order valence-electron chi connectivity index (χ2n) is 8.21. The predicted octanol–water partition coefficient (Wildman–Crippen LogP) is 3.86. The van der Waals surface area contributed by atoms with E-state index in [1.807, 2.05) is 40.6 Å². The Morgan fingerprint density at radius 1 is 1.12 bits per heavy atom. The first-order valence-corrected chi connectivity index (χ1v) is 10.5. The van der Waals surface area contributed by atoms with Crippen LogP contribution >= 0.6 is 0 Å². The van der Waals surface area contributed by atoms with Crippen LogP contribution in [0.15, 0.2) is 37.0 Å². The first-order chi connectivity index (χ1) is 15.5. The summed E-state index contributed by atoms with van der Waals surface area (Å²) in [5.74, 6) is -1.07. The van der Waals surface area contributed by atoms with Gasteiger partial charge in [-0.3, -0.25) is 4.90 Å². The van der Waals surface area contributed by atoms with E-state index in [0.717, 1.165) is 11.3 Å². The van der Waals surface area contributed by atoms with Crippen molar-refractivity contribution >= 4 is 17.2 Å². The minimum atomic E-state index is -4.24. The lowest BCUT2D eigenvalue weighted by molar-refractivity contribution is -0.148. The van der Waals surface area contributed by atoms with Crippen LogP contribution in [0.4, 0.5) is 13.2 Å². The summed E-state index contributed by atoms with van der Waals surface area (Å²) < 4.78 is 40.1. The number of halogens is 3. The van der Waals surface area contributed by atoms with E-state index in [1.165, 1.54) is 4.90 Å². The molecule has 7 nitrogen and oxygen atoms in total. The van der Waals surface area contributed by atoms with Gasteiger partial charge in [0.25, 0.3) is 0 Å². The van der Waals surface area contributed by atoms with Gasteiger partial charge in [-0.25, -0.2) is 4.79 Å². The second kappa shape index (κ2) is 8.51. The number of fused-ring (bicyclic) bond motifs is 1. The SMILES string of the molecule is C=C(c1c(C)c(C(=O)O)cc2c(-c3ccc(C)nn3)ccn12)N1CCN(CC(F)(F)F)CC1. The van der Waals surface area contributed by atoms with E-state index >= 15 is 0 Å². The van der Waals surface area contributed by atoms with Gasteiger partial charge in [-0.15, -0.1) is 0 Å². The van der Waals surface area contributed by atoms with Gasteiger partial charge in [-0.05, 0) is 43.7 Å². The van der Waals surface area contributed by atoms with Crippen LogP contribution in [0.5, 0.6) is 0 Å². The lowest BCUT2D eigenvalue weighted by atomic mass is 10.0. The summed E-state index contributed by atoms with van der Waals surface area (Å²) in [5, 5.41) is 18.1. The van der Waals surface area contributed by atoms with Crippen molar-refractivity contribution in [3.63, 3.8) is 0 Å². The predicted molar refractivity (Wildman–Crippen MR) is 118 cm³/mol. The summed E-state index contributed by atoms with van der Waals surface area (Å²) >= 11 is 0. The van der Waals surface area contributed by atoms with Crippen molar-refractivity contribution in [1.82, 2.24) is 24.4 Å². The highest BCUT2D eigenvalue weighted by Gasteiger charge is 2.33. The van der Waals surface area contributed by atoms with Gasteiger partial charge < -0.3 is 14.4 Å². The zero-order chi connectivity index (χ0) is 23.9. The van der Waals surface area contributed by atoms with Crippen LogP contribution in [0.1, 0.15) is 27.3 Å². The van der Waals surface area contributed by atoms with Gasteiger partial charge in [0.15, 0.2) is 0 Å². The van der Waals surface area contributed by atoms with E-state index in [9.17, 15) is 23.1 Å². The molecule has 0 amide bonds. The van der Waals surface area contributed by atoms with Gasteiger partial charge in [-0.2, -0.15) is 23.4 Å². The lowest BCUT2D eigenvalue weighted by Crippen LogP contribution is -2.48. The third-order valence-electron chi connectivity index (χ3n) is 5.94. The normalized spacial score (nSPS) is 15.2. The molecule has 3 aromatic rings. The third-order valence-corrected chi connectivity index (χ3v) is 5.94. The molecule has 33 heavy (non-hydrogen) atoms. The lowest BCUT2D eigenvalue weighted by Gasteiger charge is -2.37. The van der Waals surface area contributed by atoms with Gasteiger partial charge in [-0.1, -0.05) is 6.58 Å². The molecule has 1 aliphatic heterocycles. The summed E-state index contributed by atoms with van der Waals surface area (Å²) in [4.78, 5) is 15.3. The maximum absolute atomic E-state index is 12.7. The number of aromatic nitrogens is 3. The molecule has 0 spiro atoms. The van der Waals surface area contributed by atoms with Crippen molar-refractivity contribution in [2.75, 3.05) is 32.7 Å². The van der Waals surface area contributed by atoms with Gasteiger partial charge >= 0.3 is 12.1 Å². The highest BCUT2D eigenvalue weighted by molar-refractivity contribution is 5.95. The fourth-order valence-electron chi connectivity index (χ4n) is 4.26. The molecule has 0 aliphatic carbocycles. The van der Waals surface area contributed by atoms with Crippen molar-refractivity contribution in [2.24, 2.45) is 0 Å². The maximum atomic E-state index is 12.7. The molecule has 3 aromatic heterocycles. The Bertz CT molecular complexity index is 1210. The average molecular weight is 459 g/mol. The number of hydrogen-bond donors (Lipinski definition) is 1. The van der Waals surface area contributed by atoms with Crippen LogP contribution in [-0.4, -0.2) is 74.4 Å². The van der Waals surface area contributed by atoms with Crippen molar-refractivity contribution in [1.29, 1.82) is 0 Å². The molecule has 1 saturated heterocycles. The molecule has 4 rings (SSSR count).